The largest absolute Gasteiger partial charge is 0.476 e. The number of carboxylic acids is 1. The predicted molar refractivity (Wildman–Crippen MR) is 35.3 cm³/mol. The average molecular weight is 205 g/mol. The van der Waals surface area contributed by atoms with Crippen molar-refractivity contribution in [2.24, 2.45) is 0 Å². The third kappa shape index (κ3) is 1.52. The number of hydrogen-bond acceptors (Lipinski definition) is 3. The minimum Gasteiger partial charge on any atom is -0.476 e. The zero-order chi connectivity index (χ0) is 10.9. The Morgan fingerprint density at radius 3 is 2.50 bits per heavy atom. The van der Waals surface area contributed by atoms with Crippen molar-refractivity contribution in [2.45, 2.75) is 6.18 Å². The van der Waals surface area contributed by atoms with Crippen molar-refractivity contribution in [2.75, 3.05) is 0 Å². The van der Waals surface area contributed by atoms with Crippen LogP contribution in [0.3, 0.4) is 0 Å². The van der Waals surface area contributed by atoms with Gasteiger partial charge in [-0.05, 0) is 0 Å². The summed E-state index contributed by atoms with van der Waals surface area (Å²) in [4.78, 5) is 10.3. The molecule has 0 saturated heterocycles. The van der Waals surface area contributed by atoms with E-state index in [0.717, 1.165) is 6.07 Å². The molecule has 1 aromatic rings. The number of hydrogen-bond donors (Lipinski definition) is 2. The first kappa shape index (κ1) is 10.0. The lowest BCUT2D eigenvalue weighted by Crippen LogP contribution is -2.08. The molecule has 0 aliphatic carbocycles. The van der Waals surface area contributed by atoms with E-state index in [4.69, 9.17) is 10.4 Å². The van der Waals surface area contributed by atoms with Gasteiger partial charge in [-0.3, -0.25) is 5.10 Å². The quantitative estimate of drug-likeness (QED) is 0.715. The summed E-state index contributed by atoms with van der Waals surface area (Å²) in [5.41, 5.74) is -3.39. The van der Waals surface area contributed by atoms with E-state index in [1.807, 2.05) is 0 Å². The predicted octanol–water partition coefficient (Wildman–Crippen LogP) is 0.998. The number of nitrogens with zero attached hydrogens (tertiary/aromatic N) is 2. The highest BCUT2D eigenvalue weighted by Gasteiger charge is 2.38. The molecule has 14 heavy (non-hydrogen) atoms. The van der Waals surface area contributed by atoms with E-state index in [-0.39, 0.29) is 0 Å². The highest BCUT2D eigenvalue weighted by atomic mass is 19.4. The Morgan fingerprint density at radius 2 is 2.14 bits per heavy atom. The van der Waals surface area contributed by atoms with E-state index in [1.54, 1.807) is 0 Å². The number of alkyl halides is 3. The molecule has 0 spiro atoms. The van der Waals surface area contributed by atoms with Crippen molar-refractivity contribution >= 4 is 5.97 Å². The van der Waals surface area contributed by atoms with E-state index in [2.05, 4.69) is 5.10 Å². The van der Waals surface area contributed by atoms with E-state index < -0.39 is 29.1 Å². The third-order valence-corrected chi connectivity index (χ3v) is 1.36. The number of carbonyl (C=O) groups is 1. The molecule has 1 heterocycles. The number of aromatic nitrogens is 2. The van der Waals surface area contributed by atoms with Crippen LogP contribution < -0.4 is 0 Å². The number of nitriles is 1. The number of aromatic carboxylic acids is 1. The van der Waals surface area contributed by atoms with Crippen LogP contribution in [0.4, 0.5) is 13.2 Å². The first-order chi connectivity index (χ1) is 6.38. The number of H-pyrrole nitrogens is 1. The van der Waals surface area contributed by atoms with Gasteiger partial charge in [-0.25, -0.2) is 4.79 Å². The zero-order valence-electron chi connectivity index (χ0n) is 6.38. The molecule has 0 bridgehead atoms. The normalized spacial score (nSPS) is 11.0. The summed E-state index contributed by atoms with van der Waals surface area (Å²) in [6, 6.07) is 1.14. The fourth-order valence-corrected chi connectivity index (χ4v) is 0.811. The van der Waals surface area contributed by atoms with Crippen molar-refractivity contribution in [3.05, 3.63) is 17.0 Å². The molecular weight excluding hydrogens is 203 g/mol. The van der Waals surface area contributed by atoms with Crippen LogP contribution >= 0.6 is 0 Å². The monoisotopic (exact) mass is 205 g/mol. The van der Waals surface area contributed by atoms with Crippen LogP contribution in [0.15, 0.2) is 0 Å². The summed E-state index contributed by atoms with van der Waals surface area (Å²) in [6.07, 6.45) is -4.81. The number of carboxylic acid groups (broad SMARTS) is 1. The highest BCUT2D eigenvalue weighted by Crippen LogP contribution is 2.30. The van der Waals surface area contributed by atoms with Crippen molar-refractivity contribution in [3.63, 3.8) is 0 Å². The van der Waals surface area contributed by atoms with Gasteiger partial charge < -0.3 is 5.11 Å². The Kier molecular flexibility index (Phi) is 2.17. The lowest BCUT2D eigenvalue weighted by atomic mass is 10.2. The van der Waals surface area contributed by atoms with Gasteiger partial charge in [0.1, 0.15) is 11.6 Å². The SMILES string of the molecule is N#Cc1c(C(=O)O)n[nH]c1C(F)(F)F. The Labute approximate surface area is 74.8 Å². The Bertz CT molecular complexity index is 415. The van der Waals surface area contributed by atoms with Gasteiger partial charge in [0.25, 0.3) is 0 Å². The maximum Gasteiger partial charge on any atom is 0.434 e. The van der Waals surface area contributed by atoms with Crippen LogP contribution in [0.25, 0.3) is 0 Å². The Morgan fingerprint density at radius 1 is 1.57 bits per heavy atom. The van der Waals surface area contributed by atoms with E-state index in [1.165, 1.54) is 5.10 Å². The minimum absolute atomic E-state index is 0.931. The summed E-state index contributed by atoms with van der Waals surface area (Å²) in [5.74, 6) is -1.69. The number of halogens is 3. The second-order valence-corrected chi connectivity index (χ2v) is 2.24. The van der Waals surface area contributed by atoms with Gasteiger partial charge in [0.05, 0.1) is 0 Å². The van der Waals surface area contributed by atoms with Gasteiger partial charge in [0.2, 0.25) is 0 Å². The first-order valence-corrected chi connectivity index (χ1v) is 3.17. The molecule has 0 fully saturated rings. The van der Waals surface area contributed by atoms with Crippen LogP contribution in [0, 0.1) is 11.3 Å². The molecule has 0 amide bonds. The van der Waals surface area contributed by atoms with Gasteiger partial charge >= 0.3 is 12.1 Å². The standard InChI is InChI=1S/C6H2F3N3O2/c7-6(8,9)4-2(1-10)3(5(13)14)11-12-4/h(H,11,12)(H,13,14). The molecule has 0 aliphatic rings. The molecule has 1 rings (SSSR count). The van der Waals surface area contributed by atoms with Gasteiger partial charge in [-0.15, -0.1) is 0 Å². The van der Waals surface area contributed by atoms with Gasteiger partial charge in [-0.1, -0.05) is 0 Å². The summed E-state index contributed by atoms with van der Waals surface area (Å²) >= 11 is 0. The van der Waals surface area contributed by atoms with Gasteiger partial charge in [0.15, 0.2) is 11.4 Å². The van der Waals surface area contributed by atoms with Crippen molar-refractivity contribution in [1.29, 1.82) is 5.26 Å². The van der Waals surface area contributed by atoms with E-state index >= 15 is 0 Å². The number of nitrogens with one attached hydrogen (secondary N) is 1. The molecular formula is C6H2F3N3O2. The maximum absolute atomic E-state index is 12.1. The van der Waals surface area contributed by atoms with Crippen molar-refractivity contribution < 1.29 is 23.1 Å². The summed E-state index contributed by atoms with van der Waals surface area (Å²) in [7, 11) is 0. The lowest BCUT2D eigenvalue weighted by molar-refractivity contribution is -0.141. The lowest BCUT2D eigenvalue weighted by Gasteiger charge is -2.01. The Balaban J connectivity index is 3.37. The summed E-state index contributed by atoms with van der Waals surface area (Å²) < 4.78 is 36.3. The highest BCUT2D eigenvalue weighted by molar-refractivity contribution is 5.88. The van der Waals surface area contributed by atoms with Crippen molar-refractivity contribution in [1.82, 2.24) is 10.2 Å². The molecule has 1 aromatic heterocycles. The number of aromatic amines is 1. The topological polar surface area (TPSA) is 89.8 Å². The van der Waals surface area contributed by atoms with Crippen LogP contribution in [-0.4, -0.2) is 21.3 Å². The molecule has 0 aliphatic heterocycles. The second-order valence-electron chi connectivity index (χ2n) is 2.24. The fraction of sp³-hybridized carbons (Fsp3) is 0.167. The molecule has 0 aromatic carbocycles. The fourth-order valence-electron chi connectivity index (χ4n) is 0.811. The van der Waals surface area contributed by atoms with Crippen LogP contribution in [0.5, 0.6) is 0 Å². The second kappa shape index (κ2) is 3.02. The molecule has 5 nitrogen and oxygen atoms in total. The number of rotatable bonds is 1. The molecule has 0 saturated carbocycles. The molecule has 0 unspecified atom stereocenters. The van der Waals surface area contributed by atoms with Gasteiger partial charge in [0, 0.05) is 0 Å². The van der Waals surface area contributed by atoms with E-state index in [0.29, 0.717) is 0 Å². The smallest absolute Gasteiger partial charge is 0.434 e. The van der Waals surface area contributed by atoms with E-state index in [9.17, 15) is 18.0 Å². The van der Waals surface area contributed by atoms with Crippen LogP contribution in [0.1, 0.15) is 21.7 Å². The maximum atomic E-state index is 12.1. The van der Waals surface area contributed by atoms with Crippen LogP contribution in [-0.2, 0) is 6.18 Å². The molecule has 74 valence electrons. The third-order valence-electron chi connectivity index (χ3n) is 1.36. The molecule has 2 N–H and O–H groups in total. The molecule has 8 heteroatoms. The minimum atomic E-state index is -4.81. The average Bonchev–Trinajstić information content (AvgIpc) is 2.45. The molecule has 0 radical (unpaired) electrons. The summed E-state index contributed by atoms with van der Waals surface area (Å²) in [6.45, 7) is 0. The zero-order valence-corrected chi connectivity index (χ0v) is 6.38. The summed E-state index contributed by atoms with van der Waals surface area (Å²) in [5, 5.41) is 21.1. The first-order valence-electron chi connectivity index (χ1n) is 3.17. The Hall–Kier alpha value is -2.04. The molecule has 0 atom stereocenters. The van der Waals surface area contributed by atoms with Crippen molar-refractivity contribution in [3.8, 4) is 6.07 Å². The van der Waals surface area contributed by atoms with Crippen LogP contribution in [0.2, 0.25) is 0 Å². The van der Waals surface area contributed by atoms with Gasteiger partial charge in [-0.2, -0.15) is 23.5 Å².